The average molecular weight is 342 g/mol. The van der Waals surface area contributed by atoms with Gasteiger partial charge in [-0.15, -0.1) is 0 Å². The quantitative estimate of drug-likeness (QED) is 0.323. The van der Waals surface area contributed by atoms with Crippen LogP contribution in [0.1, 0.15) is 49.1 Å². The molecule has 1 aromatic rings. The van der Waals surface area contributed by atoms with E-state index in [1.165, 1.54) is 61.9 Å². The molecule has 134 valence electrons. The van der Waals surface area contributed by atoms with Crippen molar-refractivity contribution in [2.75, 3.05) is 37.8 Å². The smallest absolute Gasteiger partial charge is 0.125 e. The highest BCUT2D eigenvalue weighted by molar-refractivity contribution is 5.71. The Kier molecular flexibility index (Phi) is 4.99. The van der Waals surface area contributed by atoms with E-state index in [9.17, 15) is 0 Å². The first-order chi connectivity index (χ1) is 12.4. The van der Waals surface area contributed by atoms with Gasteiger partial charge in [0.05, 0.1) is 13.2 Å². The number of azide groups is 1. The summed E-state index contributed by atoms with van der Waals surface area (Å²) in [4.78, 5) is 5.41. The number of hydrogen-bond acceptors (Lipinski definition) is 4. The zero-order valence-corrected chi connectivity index (χ0v) is 14.7. The van der Waals surface area contributed by atoms with E-state index in [1.54, 1.807) is 0 Å². The molecule has 2 atom stereocenters. The first-order valence-electron chi connectivity index (χ1n) is 9.54. The van der Waals surface area contributed by atoms with E-state index in [-0.39, 0.29) is 0 Å². The fourth-order valence-corrected chi connectivity index (χ4v) is 4.81. The summed E-state index contributed by atoms with van der Waals surface area (Å²) in [6.07, 6.45) is 7.72. The third kappa shape index (κ3) is 3.16. The molecule has 0 bridgehead atoms. The Labute approximate surface area is 148 Å². The van der Waals surface area contributed by atoms with Crippen molar-refractivity contribution in [3.8, 4) is 5.75 Å². The van der Waals surface area contributed by atoms with Gasteiger partial charge in [0.15, 0.2) is 0 Å². The summed E-state index contributed by atoms with van der Waals surface area (Å²) in [5, 5.41) is 3.46. The SMILES string of the molecule is [N-]=[N+]=NCCOCCOc1ccc2c3c1[C@H]1CCC[C@H]1N3CCCC2. The molecule has 2 aliphatic heterocycles. The maximum Gasteiger partial charge on any atom is 0.125 e. The van der Waals surface area contributed by atoms with Gasteiger partial charge in [0.1, 0.15) is 12.4 Å². The van der Waals surface area contributed by atoms with Crippen molar-refractivity contribution in [2.24, 2.45) is 5.11 Å². The summed E-state index contributed by atoms with van der Waals surface area (Å²) < 4.78 is 11.6. The highest BCUT2D eigenvalue weighted by Crippen LogP contribution is 2.54. The van der Waals surface area contributed by atoms with E-state index < -0.39 is 0 Å². The van der Waals surface area contributed by atoms with Gasteiger partial charge < -0.3 is 14.4 Å². The van der Waals surface area contributed by atoms with Crippen molar-refractivity contribution in [3.63, 3.8) is 0 Å². The van der Waals surface area contributed by atoms with Crippen LogP contribution in [0.3, 0.4) is 0 Å². The second kappa shape index (κ2) is 7.54. The van der Waals surface area contributed by atoms with Gasteiger partial charge in [-0.2, -0.15) is 0 Å². The van der Waals surface area contributed by atoms with E-state index >= 15 is 0 Å². The van der Waals surface area contributed by atoms with Crippen molar-refractivity contribution in [1.29, 1.82) is 0 Å². The molecule has 6 heteroatoms. The van der Waals surface area contributed by atoms with Crippen LogP contribution in [0.25, 0.3) is 10.4 Å². The summed E-state index contributed by atoms with van der Waals surface area (Å²) in [5.74, 6) is 1.70. The van der Waals surface area contributed by atoms with E-state index in [2.05, 4.69) is 27.1 Å². The Morgan fingerprint density at radius 1 is 1.16 bits per heavy atom. The predicted octanol–water partition coefficient (Wildman–Crippen LogP) is 4.18. The molecule has 3 aliphatic rings. The lowest BCUT2D eigenvalue weighted by atomic mass is 9.93. The second-order valence-corrected chi connectivity index (χ2v) is 7.16. The molecule has 0 aromatic heterocycles. The monoisotopic (exact) mass is 342 g/mol. The predicted molar refractivity (Wildman–Crippen MR) is 97.4 cm³/mol. The minimum absolute atomic E-state index is 0.374. The molecule has 0 saturated heterocycles. The van der Waals surface area contributed by atoms with Crippen LogP contribution >= 0.6 is 0 Å². The van der Waals surface area contributed by atoms with E-state index in [1.807, 2.05) is 0 Å². The van der Waals surface area contributed by atoms with Crippen LogP contribution < -0.4 is 9.64 Å². The van der Waals surface area contributed by atoms with E-state index in [4.69, 9.17) is 15.0 Å². The number of ether oxygens (including phenoxy) is 2. The van der Waals surface area contributed by atoms with Crippen molar-refractivity contribution in [1.82, 2.24) is 0 Å². The molecular formula is C19H26N4O2. The van der Waals surface area contributed by atoms with Crippen molar-refractivity contribution in [2.45, 2.75) is 50.5 Å². The van der Waals surface area contributed by atoms with Crippen LogP contribution in [0.2, 0.25) is 0 Å². The summed E-state index contributed by atoms with van der Waals surface area (Å²) >= 11 is 0. The highest BCUT2D eigenvalue weighted by atomic mass is 16.5. The lowest BCUT2D eigenvalue weighted by Gasteiger charge is -2.26. The molecule has 25 heavy (non-hydrogen) atoms. The number of rotatable bonds is 7. The third-order valence-corrected chi connectivity index (χ3v) is 5.78. The summed E-state index contributed by atoms with van der Waals surface area (Å²) in [5.41, 5.74) is 12.7. The number of aryl methyl sites for hydroxylation is 1. The number of nitrogens with zero attached hydrogens (tertiary/aromatic N) is 4. The summed E-state index contributed by atoms with van der Waals surface area (Å²) in [6, 6.07) is 5.14. The van der Waals surface area contributed by atoms with Crippen LogP contribution in [0.4, 0.5) is 5.69 Å². The minimum Gasteiger partial charge on any atom is -0.491 e. The van der Waals surface area contributed by atoms with Gasteiger partial charge in [0, 0.05) is 41.2 Å². The Bertz CT molecular complexity index is 672. The van der Waals surface area contributed by atoms with Gasteiger partial charge in [0.2, 0.25) is 0 Å². The van der Waals surface area contributed by atoms with Crippen molar-refractivity contribution >= 4 is 5.69 Å². The van der Waals surface area contributed by atoms with Gasteiger partial charge in [-0.1, -0.05) is 17.6 Å². The van der Waals surface area contributed by atoms with Crippen molar-refractivity contribution in [3.05, 3.63) is 33.7 Å². The van der Waals surface area contributed by atoms with Gasteiger partial charge in [0.25, 0.3) is 0 Å². The van der Waals surface area contributed by atoms with Crippen LogP contribution in [0.15, 0.2) is 17.2 Å². The standard InChI is InChI=1S/C19H26N4O2/c20-22-21-9-11-24-12-13-25-17-8-7-14-4-1-2-10-23-16-6-3-5-15(16)18(17)19(14)23/h7-8,15-16H,1-6,9-13H2/t15-,16+/m0/s1. The zero-order chi connectivity index (χ0) is 17.1. The minimum atomic E-state index is 0.374. The summed E-state index contributed by atoms with van der Waals surface area (Å²) in [7, 11) is 0. The van der Waals surface area contributed by atoms with Crippen LogP contribution in [-0.4, -0.2) is 39.0 Å². The molecule has 1 fully saturated rings. The summed E-state index contributed by atoms with van der Waals surface area (Å²) in [6.45, 7) is 3.09. The molecular weight excluding hydrogens is 316 g/mol. The second-order valence-electron chi connectivity index (χ2n) is 7.16. The van der Waals surface area contributed by atoms with Crippen LogP contribution in [-0.2, 0) is 11.2 Å². The topological polar surface area (TPSA) is 70.5 Å². The number of fused-ring (bicyclic) bond motifs is 3. The molecule has 4 rings (SSSR count). The van der Waals surface area contributed by atoms with E-state index in [0.717, 1.165) is 5.75 Å². The maximum atomic E-state index is 8.24. The highest BCUT2D eigenvalue weighted by Gasteiger charge is 2.44. The van der Waals surface area contributed by atoms with Gasteiger partial charge >= 0.3 is 0 Å². The number of hydrogen-bond donors (Lipinski definition) is 0. The third-order valence-electron chi connectivity index (χ3n) is 5.78. The largest absolute Gasteiger partial charge is 0.491 e. The lowest BCUT2D eigenvalue weighted by molar-refractivity contribution is 0.105. The Balaban J connectivity index is 1.47. The zero-order valence-electron chi connectivity index (χ0n) is 14.7. The van der Waals surface area contributed by atoms with Crippen LogP contribution in [0, 0.1) is 0 Å². The van der Waals surface area contributed by atoms with Gasteiger partial charge in [-0.05, 0) is 49.3 Å². The average Bonchev–Trinajstić information content (AvgIpc) is 3.14. The molecule has 0 spiro atoms. The number of anilines is 1. The fourth-order valence-electron chi connectivity index (χ4n) is 4.81. The molecule has 2 heterocycles. The fraction of sp³-hybridized carbons (Fsp3) is 0.684. The first-order valence-corrected chi connectivity index (χ1v) is 9.54. The molecule has 0 unspecified atom stereocenters. The number of benzene rings is 1. The maximum absolute atomic E-state index is 8.24. The molecule has 6 nitrogen and oxygen atoms in total. The normalized spacial score (nSPS) is 23.6. The van der Waals surface area contributed by atoms with Crippen LogP contribution in [0.5, 0.6) is 5.75 Å². The molecule has 1 aliphatic carbocycles. The Morgan fingerprint density at radius 3 is 3.04 bits per heavy atom. The molecule has 0 N–H and O–H groups in total. The first kappa shape index (κ1) is 16.6. The molecule has 1 aromatic carbocycles. The van der Waals surface area contributed by atoms with Gasteiger partial charge in [-0.25, -0.2) is 0 Å². The molecule has 1 saturated carbocycles. The van der Waals surface area contributed by atoms with Gasteiger partial charge in [-0.3, -0.25) is 0 Å². The lowest BCUT2D eigenvalue weighted by Crippen LogP contribution is -2.31. The molecule has 0 radical (unpaired) electrons. The van der Waals surface area contributed by atoms with Crippen molar-refractivity contribution < 1.29 is 9.47 Å². The Hall–Kier alpha value is -1.91. The van der Waals surface area contributed by atoms with E-state index in [0.29, 0.717) is 38.3 Å². The Morgan fingerprint density at radius 2 is 2.12 bits per heavy atom. The molecule has 0 amide bonds.